The molecule has 5 heteroatoms. The van der Waals surface area contributed by atoms with Gasteiger partial charge in [-0.15, -0.1) is 0 Å². The fraction of sp³-hybridized carbons (Fsp3) is 0.455. The monoisotopic (exact) mass is 297 g/mol. The molecule has 2 aromatic rings. The Hall–Kier alpha value is -0.610. The molecule has 16 heavy (non-hydrogen) atoms. The molecule has 0 radical (unpaired) electrons. The Labute approximate surface area is 106 Å². The summed E-state index contributed by atoms with van der Waals surface area (Å²) in [5.41, 5.74) is 2.38. The topological polar surface area (TPSA) is 30.7 Å². The maximum Gasteiger partial charge on any atom is 0.223 e. The summed E-state index contributed by atoms with van der Waals surface area (Å²) < 4.78 is 3.35. The van der Waals surface area contributed by atoms with Crippen molar-refractivity contribution in [2.75, 3.05) is 0 Å². The van der Waals surface area contributed by atoms with Crippen LogP contribution in [0.4, 0.5) is 0 Å². The van der Waals surface area contributed by atoms with E-state index in [-0.39, 0.29) is 0 Å². The average molecular weight is 299 g/mol. The van der Waals surface area contributed by atoms with Gasteiger partial charge in [0.1, 0.15) is 5.52 Å². The zero-order valence-corrected chi connectivity index (χ0v) is 10.8. The SMILES string of the molecule is Clc1ncc2c(n1)c(Br)cn2C12CC(C1)C2. The molecular formula is C11H9BrClN3. The van der Waals surface area contributed by atoms with Crippen molar-refractivity contribution in [3.63, 3.8) is 0 Å². The van der Waals surface area contributed by atoms with Crippen LogP contribution < -0.4 is 0 Å². The standard InChI is InChI=1S/C11H9BrClN3/c12-7-5-16(11-1-6(2-11)3-11)8-4-14-10(13)15-9(7)8/h4-6H,1-3H2. The molecule has 2 aromatic heterocycles. The van der Waals surface area contributed by atoms with Gasteiger partial charge in [-0.1, -0.05) is 0 Å². The molecule has 3 aliphatic rings. The predicted molar refractivity (Wildman–Crippen MR) is 65.6 cm³/mol. The first-order valence-corrected chi connectivity index (χ1v) is 6.55. The number of aromatic nitrogens is 3. The third-order valence-corrected chi connectivity index (χ3v) is 4.75. The van der Waals surface area contributed by atoms with Gasteiger partial charge in [0, 0.05) is 11.7 Å². The van der Waals surface area contributed by atoms with E-state index < -0.39 is 0 Å². The van der Waals surface area contributed by atoms with Crippen molar-refractivity contribution in [3.05, 3.63) is 22.1 Å². The number of rotatable bonds is 1. The highest BCUT2D eigenvalue weighted by molar-refractivity contribution is 9.10. The van der Waals surface area contributed by atoms with Gasteiger partial charge in [-0.2, -0.15) is 0 Å². The molecule has 2 bridgehead atoms. The van der Waals surface area contributed by atoms with Crippen LogP contribution in [-0.4, -0.2) is 14.5 Å². The molecule has 0 atom stereocenters. The Morgan fingerprint density at radius 3 is 2.81 bits per heavy atom. The second-order valence-corrected chi connectivity index (χ2v) is 6.12. The van der Waals surface area contributed by atoms with E-state index in [9.17, 15) is 0 Å². The van der Waals surface area contributed by atoms with Crippen LogP contribution in [0.2, 0.25) is 5.28 Å². The molecule has 0 amide bonds. The van der Waals surface area contributed by atoms with E-state index in [0.29, 0.717) is 10.8 Å². The average Bonchev–Trinajstić information content (AvgIpc) is 2.39. The van der Waals surface area contributed by atoms with Crippen LogP contribution in [0.15, 0.2) is 16.9 Å². The van der Waals surface area contributed by atoms with Gasteiger partial charge in [0.15, 0.2) is 0 Å². The van der Waals surface area contributed by atoms with Crippen molar-refractivity contribution < 1.29 is 0 Å². The van der Waals surface area contributed by atoms with E-state index in [4.69, 9.17) is 11.6 Å². The fourth-order valence-corrected chi connectivity index (χ4v) is 3.70. The first-order chi connectivity index (χ1) is 7.68. The van der Waals surface area contributed by atoms with Gasteiger partial charge in [0.05, 0.1) is 16.2 Å². The van der Waals surface area contributed by atoms with E-state index in [0.717, 1.165) is 21.4 Å². The molecule has 82 valence electrons. The summed E-state index contributed by atoms with van der Waals surface area (Å²) >= 11 is 9.36. The van der Waals surface area contributed by atoms with Crippen molar-refractivity contribution in [1.82, 2.24) is 14.5 Å². The molecule has 3 aliphatic carbocycles. The van der Waals surface area contributed by atoms with Crippen LogP contribution in [0, 0.1) is 5.92 Å². The van der Waals surface area contributed by atoms with E-state index in [1.54, 1.807) is 0 Å². The number of nitrogens with zero attached hydrogens (tertiary/aromatic N) is 3. The molecule has 2 heterocycles. The normalized spacial score (nSPS) is 31.2. The third-order valence-electron chi connectivity index (χ3n) is 3.99. The third kappa shape index (κ3) is 0.998. The molecule has 0 spiro atoms. The Morgan fingerprint density at radius 2 is 2.19 bits per heavy atom. The summed E-state index contributed by atoms with van der Waals surface area (Å²) in [6.07, 6.45) is 7.89. The molecule has 3 saturated carbocycles. The Morgan fingerprint density at radius 1 is 1.44 bits per heavy atom. The first kappa shape index (κ1) is 9.42. The summed E-state index contributed by atoms with van der Waals surface area (Å²) in [4.78, 5) is 8.35. The van der Waals surface area contributed by atoms with Crippen LogP contribution in [0.25, 0.3) is 11.0 Å². The quantitative estimate of drug-likeness (QED) is 0.756. The highest BCUT2D eigenvalue weighted by Gasteiger charge is 2.58. The van der Waals surface area contributed by atoms with Gasteiger partial charge in [-0.05, 0) is 52.7 Å². The van der Waals surface area contributed by atoms with Crippen molar-refractivity contribution >= 4 is 38.6 Å². The van der Waals surface area contributed by atoms with Crippen LogP contribution in [0.1, 0.15) is 19.3 Å². The minimum atomic E-state index is 0.309. The van der Waals surface area contributed by atoms with Gasteiger partial charge in [-0.3, -0.25) is 0 Å². The molecule has 0 saturated heterocycles. The van der Waals surface area contributed by atoms with Crippen molar-refractivity contribution in [1.29, 1.82) is 0 Å². The molecule has 0 unspecified atom stereocenters. The minimum Gasteiger partial charge on any atom is -0.338 e. The van der Waals surface area contributed by atoms with Crippen LogP contribution >= 0.6 is 27.5 Å². The summed E-state index contributed by atoms with van der Waals surface area (Å²) in [6, 6.07) is 0. The van der Waals surface area contributed by atoms with E-state index in [1.807, 2.05) is 6.20 Å². The number of fused-ring (bicyclic) bond motifs is 1. The lowest BCUT2D eigenvalue weighted by molar-refractivity contribution is -0.0856. The smallest absolute Gasteiger partial charge is 0.223 e. The zero-order valence-electron chi connectivity index (χ0n) is 8.45. The first-order valence-electron chi connectivity index (χ1n) is 5.38. The van der Waals surface area contributed by atoms with E-state index in [2.05, 4.69) is 36.7 Å². The highest BCUT2D eigenvalue weighted by Crippen LogP contribution is 2.63. The van der Waals surface area contributed by atoms with E-state index >= 15 is 0 Å². The summed E-state index contributed by atoms with van der Waals surface area (Å²) in [7, 11) is 0. The zero-order chi connectivity index (χ0) is 10.9. The molecular weight excluding hydrogens is 289 g/mol. The Bertz CT molecular complexity index is 590. The highest BCUT2D eigenvalue weighted by atomic mass is 79.9. The van der Waals surface area contributed by atoms with Crippen LogP contribution in [-0.2, 0) is 5.54 Å². The number of halogens is 2. The molecule has 5 rings (SSSR count). The van der Waals surface area contributed by atoms with Gasteiger partial charge in [-0.25, -0.2) is 9.97 Å². The van der Waals surface area contributed by atoms with Gasteiger partial charge >= 0.3 is 0 Å². The molecule has 3 nitrogen and oxygen atoms in total. The number of hydrogen-bond acceptors (Lipinski definition) is 2. The molecule has 0 N–H and O–H groups in total. The lowest BCUT2D eigenvalue weighted by Gasteiger charge is -2.62. The van der Waals surface area contributed by atoms with Gasteiger partial charge in [0.2, 0.25) is 5.28 Å². The van der Waals surface area contributed by atoms with Crippen molar-refractivity contribution in [3.8, 4) is 0 Å². The second kappa shape index (κ2) is 2.79. The van der Waals surface area contributed by atoms with Gasteiger partial charge in [0.25, 0.3) is 0 Å². The summed E-state index contributed by atoms with van der Waals surface area (Å²) in [6.45, 7) is 0. The summed E-state index contributed by atoms with van der Waals surface area (Å²) in [5.74, 6) is 0.962. The maximum absolute atomic E-state index is 5.82. The largest absolute Gasteiger partial charge is 0.338 e. The lowest BCUT2D eigenvalue weighted by atomic mass is 9.49. The Kier molecular flexibility index (Phi) is 1.65. The second-order valence-electron chi connectivity index (χ2n) is 4.92. The minimum absolute atomic E-state index is 0.309. The fourth-order valence-electron chi connectivity index (χ4n) is 3.07. The van der Waals surface area contributed by atoms with Crippen LogP contribution in [0.5, 0.6) is 0 Å². The molecule has 0 aromatic carbocycles. The molecule has 3 fully saturated rings. The predicted octanol–water partition coefficient (Wildman–Crippen LogP) is 3.36. The van der Waals surface area contributed by atoms with E-state index in [1.165, 1.54) is 19.3 Å². The maximum atomic E-state index is 5.82. The number of hydrogen-bond donors (Lipinski definition) is 0. The van der Waals surface area contributed by atoms with Crippen LogP contribution in [0.3, 0.4) is 0 Å². The van der Waals surface area contributed by atoms with Gasteiger partial charge < -0.3 is 4.57 Å². The van der Waals surface area contributed by atoms with Crippen molar-refractivity contribution in [2.24, 2.45) is 5.92 Å². The lowest BCUT2D eigenvalue weighted by Crippen LogP contribution is -2.59. The Balaban J connectivity index is 1.99. The summed E-state index contributed by atoms with van der Waals surface area (Å²) in [5, 5.41) is 0.309. The van der Waals surface area contributed by atoms with Crippen molar-refractivity contribution in [2.45, 2.75) is 24.8 Å². The molecule has 0 aliphatic heterocycles.